The number of carbonyl (C=O) groups is 2. The van der Waals surface area contributed by atoms with Crippen LogP contribution < -0.4 is 10.6 Å². The van der Waals surface area contributed by atoms with Crippen molar-refractivity contribution in [1.82, 2.24) is 20.4 Å². The number of carboxylic acids is 1. The molecule has 2 amide bonds. The SMILES string of the molecule is CCN(CC(=O)O)C1CC(NC(=O)NCCN2CCSCC2)C1. The van der Waals surface area contributed by atoms with E-state index in [1.54, 1.807) is 0 Å². The number of rotatable bonds is 8. The average Bonchev–Trinajstić information content (AvgIpc) is 2.49. The highest BCUT2D eigenvalue weighted by molar-refractivity contribution is 7.99. The minimum absolute atomic E-state index is 0.0776. The monoisotopic (exact) mass is 344 g/mol. The Balaban J connectivity index is 1.55. The number of urea groups is 1. The zero-order chi connectivity index (χ0) is 16.7. The van der Waals surface area contributed by atoms with Crippen molar-refractivity contribution in [2.45, 2.75) is 31.8 Å². The summed E-state index contributed by atoms with van der Waals surface area (Å²) in [6.07, 6.45) is 1.66. The number of nitrogens with one attached hydrogen (secondary N) is 2. The Hall–Kier alpha value is -0.990. The molecule has 1 aliphatic carbocycles. The molecule has 2 fully saturated rings. The predicted molar refractivity (Wildman–Crippen MR) is 92.0 cm³/mol. The lowest BCUT2D eigenvalue weighted by atomic mass is 9.85. The molecule has 0 unspecified atom stereocenters. The number of hydrogen-bond donors (Lipinski definition) is 3. The fourth-order valence-electron chi connectivity index (χ4n) is 3.07. The molecule has 1 heterocycles. The third-order valence-electron chi connectivity index (χ3n) is 4.53. The molecule has 2 rings (SSSR count). The summed E-state index contributed by atoms with van der Waals surface area (Å²) in [5.41, 5.74) is 0. The number of thioether (sulfide) groups is 1. The molecular formula is C15H28N4O3S. The van der Waals surface area contributed by atoms with E-state index in [0.717, 1.165) is 39.0 Å². The van der Waals surface area contributed by atoms with Gasteiger partial charge in [-0.2, -0.15) is 11.8 Å². The standard InChI is InChI=1S/C15H28N4O3S/c1-2-19(11-14(20)21)13-9-12(10-13)17-15(22)16-3-4-18-5-7-23-8-6-18/h12-13H,2-11H2,1H3,(H,20,21)(H2,16,17,22). The first kappa shape index (κ1) is 18.4. The van der Waals surface area contributed by atoms with Crippen LogP contribution in [0.5, 0.6) is 0 Å². The predicted octanol–water partition coefficient (Wildman–Crippen LogP) is 0.272. The summed E-state index contributed by atoms with van der Waals surface area (Å²) in [6.45, 7) is 6.56. The van der Waals surface area contributed by atoms with E-state index in [1.165, 1.54) is 11.5 Å². The summed E-state index contributed by atoms with van der Waals surface area (Å²) in [6, 6.07) is 0.322. The van der Waals surface area contributed by atoms with E-state index in [0.29, 0.717) is 6.54 Å². The topological polar surface area (TPSA) is 84.9 Å². The van der Waals surface area contributed by atoms with Gasteiger partial charge in [-0.3, -0.25) is 14.6 Å². The first-order valence-corrected chi connectivity index (χ1v) is 9.54. The molecule has 0 radical (unpaired) electrons. The highest BCUT2D eigenvalue weighted by atomic mass is 32.2. The summed E-state index contributed by atoms with van der Waals surface area (Å²) >= 11 is 1.98. The van der Waals surface area contributed by atoms with Crippen molar-refractivity contribution in [3.8, 4) is 0 Å². The first-order chi connectivity index (χ1) is 11.1. The molecule has 0 aromatic carbocycles. The van der Waals surface area contributed by atoms with Crippen LogP contribution in [0, 0.1) is 0 Å². The highest BCUT2D eigenvalue weighted by Gasteiger charge is 2.34. The van der Waals surface area contributed by atoms with Gasteiger partial charge in [-0.05, 0) is 19.4 Å². The minimum atomic E-state index is -0.794. The number of amides is 2. The van der Waals surface area contributed by atoms with Crippen LogP contribution in [0.15, 0.2) is 0 Å². The highest BCUT2D eigenvalue weighted by Crippen LogP contribution is 2.25. The Kier molecular flexibility index (Phi) is 7.45. The van der Waals surface area contributed by atoms with E-state index in [9.17, 15) is 9.59 Å². The third kappa shape index (κ3) is 6.19. The first-order valence-electron chi connectivity index (χ1n) is 8.38. The number of nitrogens with zero attached hydrogens (tertiary/aromatic N) is 2. The smallest absolute Gasteiger partial charge is 0.317 e. The van der Waals surface area contributed by atoms with Gasteiger partial charge in [0.05, 0.1) is 6.54 Å². The Morgan fingerprint density at radius 2 is 2.00 bits per heavy atom. The number of carbonyl (C=O) groups excluding carboxylic acids is 1. The minimum Gasteiger partial charge on any atom is -0.480 e. The van der Waals surface area contributed by atoms with Crippen molar-refractivity contribution in [3.05, 3.63) is 0 Å². The molecule has 1 aliphatic heterocycles. The Labute approximate surface area is 142 Å². The van der Waals surface area contributed by atoms with Crippen LogP contribution in [0.3, 0.4) is 0 Å². The summed E-state index contributed by atoms with van der Waals surface area (Å²) in [5.74, 6) is 1.57. The molecule has 8 heteroatoms. The fourth-order valence-corrected chi connectivity index (χ4v) is 4.04. The van der Waals surface area contributed by atoms with Crippen LogP contribution in [0.25, 0.3) is 0 Å². The second-order valence-corrected chi connectivity index (χ2v) is 7.36. The van der Waals surface area contributed by atoms with Gasteiger partial charge < -0.3 is 15.7 Å². The quantitative estimate of drug-likeness (QED) is 0.586. The number of aliphatic carboxylic acids is 1. The lowest BCUT2D eigenvalue weighted by Crippen LogP contribution is -2.56. The number of hydrogen-bond acceptors (Lipinski definition) is 5. The van der Waals surface area contributed by atoms with Crippen LogP contribution >= 0.6 is 11.8 Å². The molecule has 1 saturated carbocycles. The number of carboxylic acid groups (broad SMARTS) is 1. The van der Waals surface area contributed by atoms with Crippen molar-refractivity contribution in [1.29, 1.82) is 0 Å². The van der Waals surface area contributed by atoms with Crippen LogP contribution in [0.4, 0.5) is 4.79 Å². The molecule has 23 heavy (non-hydrogen) atoms. The van der Waals surface area contributed by atoms with Crippen molar-refractivity contribution >= 4 is 23.8 Å². The van der Waals surface area contributed by atoms with Gasteiger partial charge in [0.2, 0.25) is 0 Å². The fraction of sp³-hybridized carbons (Fsp3) is 0.867. The van der Waals surface area contributed by atoms with Gasteiger partial charge in [0.15, 0.2) is 0 Å². The van der Waals surface area contributed by atoms with Gasteiger partial charge >= 0.3 is 12.0 Å². The van der Waals surface area contributed by atoms with Crippen LogP contribution in [-0.2, 0) is 4.79 Å². The number of likely N-dealkylation sites (N-methyl/N-ethyl adjacent to an activating group) is 1. The molecule has 1 saturated heterocycles. The second-order valence-electron chi connectivity index (χ2n) is 6.13. The molecular weight excluding hydrogens is 316 g/mol. The third-order valence-corrected chi connectivity index (χ3v) is 5.47. The van der Waals surface area contributed by atoms with Gasteiger partial charge in [0, 0.05) is 49.8 Å². The summed E-state index contributed by atoms with van der Waals surface area (Å²) in [4.78, 5) is 27.0. The van der Waals surface area contributed by atoms with E-state index >= 15 is 0 Å². The molecule has 2 aliphatic rings. The molecule has 7 nitrogen and oxygen atoms in total. The maximum absolute atomic E-state index is 11.9. The van der Waals surface area contributed by atoms with E-state index in [2.05, 4.69) is 15.5 Å². The Morgan fingerprint density at radius 3 is 2.61 bits per heavy atom. The zero-order valence-electron chi connectivity index (χ0n) is 13.8. The molecule has 0 spiro atoms. The normalized spacial score (nSPS) is 25.0. The van der Waals surface area contributed by atoms with Gasteiger partial charge in [0.25, 0.3) is 0 Å². The summed E-state index contributed by atoms with van der Waals surface area (Å²) < 4.78 is 0. The average molecular weight is 344 g/mol. The van der Waals surface area contributed by atoms with Gasteiger partial charge in [-0.1, -0.05) is 6.92 Å². The lowest BCUT2D eigenvalue weighted by Gasteiger charge is -2.42. The van der Waals surface area contributed by atoms with Crippen LogP contribution in [-0.4, -0.2) is 89.8 Å². The molecule has 132 valence electrons. The summed E-state index contributed by atoms with van der Waals surface area (Å²) in [7, 11) is 0. The van der Waals surface area contributed by atoms with Crippen molar-refractivity contribution in [2.24, 2.45) is 0 Å². The maximum atomic E-state index is 11.9. The molecule has 0 atom stereocenters. The molecule has 0 aromatic rings. The van der Waals surface area contributed by atoms with E-state index < -0.39 is 5.97 Å². The summed E-state index contributed by atoms with van der Waals surface area (Å²) in [5, 5.41) is 14.8. The van der Waals surface area contributed by atoms with Crippen LogP contribution in [0.2, 0.25) is 0 Å². The van der Waals surface area contributed by atoms with Crippen molar-refractivity contribution in [3.63, 3.8) is 0 Å². The Bertz CT molecular complexity index is 398. The Morgan fingerprint density at radius 1 is 1.30 bits per heavy atom. The van der Waals surface area contributed by atoms with E-state index in [1.807, 2.05) is 23.6 Å². The molecule has 0 aromatic heterocycles. The van der Waals surface area contributed by atoms with E-state index in [-0.39, 0.29) is 24.7 Å². The molecule has 3 N–H and O–H groups in total. The van der Waals surface area contributed by atoms with E-state index in [4.69, 9.17) is 5.11 Å². The van der Waals surface area contributed by atoms with Gasteiger partial charge in [-0.15, -0.1) is 0 Å². The second kappa shape index (κ2) is 9.34. The lowest BCUT2D eigenvalue weighted by molar-refractivity contribution is -0.139. The van der Waals surface area contributed by atoms with Crippen LogP contribution in [0.1, 0.15) is 19.8 Å². The van der Waals surface area contributed by atoms with Gasteiger partial charge in [-0.25, -0.2) is 4.79 Å². The van der Waals surface area contributed by atoms with Gasteiger partial charge in [0.1, 0.15) is 0 Å². The van der Waals surface area contributed by atoms with Crippen molar-refractivity contribution in [2.75, 3.05) is 50.8 Å². The molecule has 0 bridgehead atoms. The van der Waals surface area contributed by atoms with Crippen molar-refractivity contribution < 1.29 is 14.7 Å². The maximum Gasteiger partial charge on any atom is 0.317 e. The zero-order valence-corrected chi connectivity index (χ0v) is 14.6. The largest absolute Gasteiger partial charge is 0.480 e.